The summed E-state index contributed by atoms with van der Waals surface area (Å²) in [6.07, 6.45) is 0. The van der Waals surface area contributed by atoms with Gasteiger partial charge in [-0.25, -0.2) is 4.79 Å². The van der Waals surface area contributed by atoms with Gasteiger partial charge in [-0.15, -0.1) is 11.3 Å². The number of fused-ring (bicyclic) bond motifs is 1. The molecule has 0 saturated carbocycles. The first-order valence-corrected chi connectivity index (χ1v) is 8.09. The van der Waals surface area contributed by atoms with E-state index in [1.165, 1.54) is 16.9 Å². The fraction of sp³-hybridized carbons (Fsp3) is 0.211. The molecule has 0 N–H and O–H groups in total. The summed E-state index contributed by atoms with van der Waals surface area (Å²) < 4.78 is 6.66. The first kappa shape index (κ1) is 18.0. The van der Waals surface area contributed by atoms with Crippen molar-refractivity contribution >= 4 is 51.3 Å². The molecule has 0 aliphatic carbocycles. The van der Waals surface area contributed by atoms with Gasteiger partial charge in [-0.3, -0.25) is 0 Å². The first-order valence-electron chi connectivity index (χ1n) is 7.27. The monoisotopic (exact) mass is 432 g/mol. The van der Waals surface area contributed by atoms with Gasteiger partial charge in [0.1, 0.15) is 11.5 Å². The van der Waals surface area contributed by atoms with E-state index in [-0.39, 0.29) is 35.3 Å². The van der Waals surface area contributed by atoms with E-state index in [0.29, 0.717) is 11.5 Å². The molecule has 4 heteroatoms. The Morgan fingerprint density at radius 3 is 2.39 bits per heavy atom. The molecule has 3 aromatic rings. The number of rotatable bonds is 4. The summed E-state index contributed by atoms with van der Waals surface area (Å²) in [5.74, 6) is -0.245. The zero-order valence-electron chi connectivity index (χ0n) is 13.4. The maximum atomic E-state index is 12.3. The zero-order chi connectivity index (χ0) is 15.6. The van der Waals surface area contributed by atoms with Gasteiger partial charge in [0, 0.05) is 10.1 Å². The molecule has 23 heavy (non-hydrogen) atoms. The Kier molecular flexibility index (Phi) is 5.87. The molecular weight excluding hydrogens is 411 g/mol. The molecular formula is C19H20O2SSn. The van der Waals surface area contributed by atoms with Crippen molar-refractivity contribution in [3.63, 3.8) is 0 Å². The van der Waals surface area contributed by atoms with E-state index in [2.05, 4.69) is 26.0 Å². The van der Waals surface area contributed by atoms with E-state index in [1.54, 1.807) is 0 Å². The number of carbonyl (C=O) groups is 1. The number of hydrogen-bond donors (Lipinski definition) is 0. The molecule has 118 valence electrons. The Morgan fingerprint density at radius 1 is 1.04 bits per heavy atom. The summed E-state index contributed by atoms with van der Waals surface area (Å²) in [5, 5.41) is 1.08. The van der Waals surface area contributed by atoms with E-state index in [1.807, 2.05) is 48.5 Å². The van der Waals surface area contributed by atoms with Crippen molar-refractivity contribution in [2.24, 2.45) is 0 Å². The van der Waals surface area contributed by atoms with Crippen molar-refractivity contribution in [3.8, 4) is 0 Å². The van der Waals surface area contributed by atoms with Crippen LogP contribution in [0.4, 0.5) is 0 Å². The number of benzene rings is 2. The Balaban J connectivity index is 0.00000192. The zero-order valence-corrected chi connectivity index (χ0v) is 18.3. The van der Waals surface area contributed by atoms with Crippen LogP contribution in [0.15, 0.2) is 60.7 Å². The van der Waals surface area contributed by atoms with Crippen LogP contribution in [0.5, 0.6) is 0 Å². The Bertz CT molecular complexity index is 760. The number of thiophene rings is 1. The Hall–Kier alpha value is -1.33. The molecule has 0 amide bonds. The molecule has 1 aromatic heterocycles. The fourth-order valence-electron chi connectivity index (χ4n) is 2.37. The summed E-state index contributed by atoms with van der Waals surface area (Å²) >= 11 is 1.48. The van der Waals surface area contributed by atoms with Crippen molar-refractivity contribution in [1.29, 1.82) is 0 Å². The van der Waals surface area contributed by atoms with E-state index >= 15 is 0 Å². The average Bonchev–Trinajstić information content (AvgIpc) is 2.98. The molecule has 0 unspecified atom stereocenters. The van der Waals surface area contributed by atoms with E-state index in [4.69, 9.17) is 4.74 Å². The summed E-state index contributed by atoms with van der Waals surface area (Å²) in [6, 6.07) is 20.0. The Morgan fingerprint density at radius 2 is 1.70 bits per heavy atom. The summed E-state index contributed by atoms with van der Waals surface area (Å²) in [7, 11) is 0. The van der Waals surface area contributed by atoms with Gasteiger partial charge in [0.05, 0.1) is 0 Å². The standard InChI is InChI=1S/C19H18O2S.Sn.2H/c1-19(2,15-9-4-3-5-10-15)13-21-18(20)17-12-14-8-6-7-11-16(14)22-17;;;/h3-12H,13H2,1-2H3;;;. The molecule has 2 nitrogen and oxygen atoms in total. The SMILES string of the molecule is CC(C)(COC(=O)c1cc2ccccc2s1)c1ccccc1.[SnH2]. The van der Waals surface area contributed by atoms with Gasteiger partial charge in [-0.1, -0.05) is 62.4 Å². The predicted molar refractivity (Wildman–Crippen MR) is 100 cm³/mol. The van der Waals surface area contributed by atoms with E-state index in [9.17, 15) is 4.79 Å². The number of ether oxygens (including phenoxy) is 1. The van der Waals surface area contributed by atoms with Crippen LogP contribution < -0.4 is 0 Å². The molecule has 3 rings (SSSR count). The van der Waals surface area contributed by atoms with Gasteiger partial charge in [0.25, 0.3) is 0 Å². The van der Waals surface area contributed by atoms with Crippen LogP contribution in [0.25, 0.3) is 10.1 Å². The second kappa shape index (κ2) is 7.49. The minimum absolute atomic E-state index is 0. The topological polar surface area (TPSA) is 26.3 Å². The second-order valence-electron chi connectivity index (χ2n) is 5.97. The Labute approximate surface area is 157 Å². The van der Waals surface area contributed by atoms with Crippen molar-refractivity contribution in [1.82, 2.24) is 0 Å². The average molecular weight is 431 g/mol. The van der Waals surface area contributed by atoms with Crippen LogP contribution in [0.1, 0.15) is 29.1 Å². The molecule has 2 aromatic carbocycles. The third-order valence-corrected chi connectivity index (χ3v) is 4.84. The number of hydrogen-bond acceptors (Lipinski definition) is 3. The maximum absolute atomic E-state index is 12.3. The minimum atomic E-state index is -0.245. The molecule has 0 aliphatic rings. The first-order chi connectivity index (χ1) is 10.6. The van der Waals surface area contributed by atoms with Crippen molar-refractivity contribution < 1.29 is 9.53 Å². The summed E-state index contributed by atoms with van der Waals surface area (Å²) in [4.78, 5) is 12.9. The molecule has 0 atom stereocenters. The molecule has 0 spiro atoms. The van der Waals surface area contributed by atoms with Gasteiger partial charge < -0.3 is 4.74 Å². The summed E-state index contributed by atoms with van der Waals surface area (Å²) in [5.41, 5.74) is 0.965. The number of esters is 1. The van der Waals surface area contributed by atoms with Gasteiger partial charge in [-0.2, -0.15) is 0 Å². The van der Waals surface area contributed by atoms with Crippen LogP contribution in [-0.2, 0) is 10.2 Å². The van der Waals surface area contributed by atoms with E-state index < -0.39 is 0 Å². The van der Waals surface area contributed by atoms with Crippen molar-refractivity contribution in [2.45, 2.75) is 19.3 Å². The van der Waals surface area contributed by atoms with Gasteiger partial charge >= 0.3 is 29.9 Å². The second-order valence-corrected chi connectivity index (χ2v) is 7.06. The third kappa shape index (κ3) is 4.15. The third-order valence-electron chi connectivity index (χ3n) is 3.75. The van der Waals surface area contributed by atoms with Crippen LogP contribution >= 0.6 is 11.3 Å². The molecule has 0 bridgehead atoms. The van der Waals surface area contributed by atoms with Gasteiger partial charge in [0.15, 0.2) is 0 Å². The van der Waals surface area contributed by atoms with Crippen molar-refractivity contribution in [2.75, 3.05) is 6.61 Å². The molecule has 1 heterocycles. The fourth-order valence-corrected chi connectivity index (χ4v) is 3.33. The number of carbonyl (C=O) groups excluding carboxylic acids is 1. The van der Waals surface area contributed by atoms with Crippen LogP contribution in [-0.4, -0.2) is 36.5 Å². The normalized spacial score (nSPS) is 11.0. The molecule has 0 saturated heterocycles. The van der Waals surface area contributed by atoms with Crippen molar-refractivity contribution in [3.05, 3.63) is 71.1 Å². The quantitative estimate of drug-likeness (QED) is 0.459. The van der Waals surface area contributed by atoms with Crippen LogP contribution in [0.2, 0.25) is 0 Å². The molecule has 0 fully saturated rings. The van der Waals surface area contributed by atoms with Gasteiger partial charge in [0.2, 0.25) is 0 Å². The van der Waals surface area contributed by atoms with E-state index in [0.717, 1.165) is 10.1 Å². The van der Waals surface area contributed by atoms with Gasteiger partial charge in [-0.05, 0) is 23.1 Å². The molecule has 0 aliphatic heterocycles. The van der Waals surface area contributed by atoms with Crippen LogP contribution in [0, 0.1) is 0 Å². The molecule has 2 radical (unpaired) electrons. The summed E-state index contributed by atoms with van der Waals surface area (Å²) in [6.45, 7) is 4.53. The predicted octanol–water partition coefficient (Wildman–Crippen LogP) is 4.12. The van der Waals surface area contributed by atoms with Crippen LogP contribution in [0.3, 0.4) is 0 Å².